The maximum atomic E-state index is 4.06. The van der Waals surface area contributed by atoms with Crippen LogP contribution in [0, 0.1) is 0 Å². The van der Waals surface area contributed by atoms with Crippen molar-refractivity contribution in [3.05, 3.63) is 65.0 Å². The van der Waals surface area contributed by atoms with Gasteiger partial charge in [-0.25, -0.2) is 0 Å². The van der Waals surface area contributed by atoms with E-state index >= 15 is 0 Å². The molecule has 3 rings (SSSR count). The number of fused-ring (bicyclic) bond motifs is 1. The quantitative estimate of drug-likeness (QED) is 0.902. The highest BCUT2D eigenvalue weighted by Crippen LogP contribution is 2.23. The van der Waals surface area contributed by atoms with Gasteiger partial charge < -0.3 is 5.32 Å². The van der Waals surface area contributed by atoms with Crippen LogP contribution in [0.2, 0.25) is 0 Å². The molecule has 0 unspecified atom stereocenters. The first-order valence-electron chi connectivity index (χ1n) is 7.07. The van der Waals surface area contributed by atoms with Crippen LogP contribution in [0.5, 0.6) is 0 Å². The molecule has 1 atom stereocenters. The van der Waals surface area contributed by atoms with Crippen LogP contribution >= 0.6 is 0 Å². The Labute approximate surface area is 114 Å². The number of aryl methyl sites for hydroxylation is 2. The lowest BCUT2D eigenvalue weighted by molar-refractivity contribution is 0.574. The third kappa shape index (κ3) is 2.85. The van der Waals surface area contributed by atoms with Gasteiger partial charge in [-0.2, -0.15) is 0 Å². The predicted molar refractivity (Wildman–Crippen MR) is 78.0 cm³/mol. The summed E-state index contributed by atoms with van der Waals surface area (Å²) >= 11 is 0. The van der Waals surface area contributed by atoms with Gasteiger partial charge in [-0.15, -0.1) is 0 Å². The van der Waals surface area contributed by atoms with Crippen molar-refractivity contribution in [1.82, 2.24) is 10.3 Å². The van der Waals surface area contributed by atoms with Gasteiger partial charge in [0.2, 0.25) is 0 Å². The Morgan fingerprint density at radius 2 is 1.89 bits per heavy atom. The van der Waals surface area contributed by atoms with Gasteiger partial charge in [0, 0.05) is 25.0 Å². The first kappa shape index (κ1) is 12.4. The predicted octanol–water partition coefficient (Wildman–Crippen LogP) is 3.42. The van der Waals surface area contributed by atoms with Gasteiger partial charge in [0.1, 0.15) is 0 Å². The molecular weight excluding hydrogens is 232 g/mol. The molecule has 1 heterocycles. The molecule has 19 heavy (non-hydrogen) atoms. The second kappa shape index (κ2) is 5.54. The number of nitrogens with zero attached hydrogens (tertiary/aromatic N) is 1. The summed E-state index contributed by atoms with van der Waals surface area (Å²) in [5, 5.41) is 3.58. The molecule has 0 radical (unpaired) electrons. The molecular formula is C17H20N2. The number of hydrogen-bond donors (Lipinski definition) is 1. The monoisotopic (exact) mass is 252 g/mol. The minimum absolute atomic E-state index is 0.358. The van der Waals surface area contributed by atoms with Crippen molar-refractivity contribution in [3.8, 4) is 0 Å². The fourth-order valence-electron chi connectivity index (χ4n) is 2.78. The Balaban J connectivity index is 1.63. The standard InChI is InChI=1S/C17H20N2/c1-13(15-7-9-18-10-8-15)19-12-14-5-6-16-3-2-4-17(16)11-14/h5-11,13,19H,2-4,12H2,1H3/t13-/m1/s1. The largest absolute Gasteiger partial charge is 0.306 e. The van der Waals surface area contributed by atoms with Crippen molar-refractivity contribution < 1.29 is 0 Å². The lowest BCUT2D eigenvalue weighted by atomic mass is 10.1. The Hall–Kier alpha value is -1.67. The summed E-state index contributed by atoms with van der Waals surface area (Å²) in [6.45, 7) is 3.12. The van der Waals surface area contributed by atoms with Crippen molar-refractivity contribution in [2.75, 3.05) is 0 Å². The molecule has 1 aliphatic rings. The van der Waals surface area contributed by atoms with E-state index < -0.39 is 0 Å². The maximum absolute atomic E-state index is 4.06. The van der Waals surface area contributed by atoms with E-state index in [2.05, 4.69) is 47.6 Å². The minimum atomic E-state index is 0.358. The van der Waals surface area contributed by atoms with E-state index in [1.54, 1.807) is 11.1 Å². The zero-order valence-corrected chi connectivity index (χ0v) is 11.4. The summed E-state index contributed by atoms with van der Waals surface area (Å²) in [4.78, 5) is 4.06. The number of nitrogens with one attached hydrogen (secondary N) is 1. The molecule has 1 aromatic carbocycles. The van der Waals surface area contributed by atoms with Crippen LogP contribution in [-0.2, 0) is 19.4 Å². The SMILES string of the molecule is C[C@@H](NCc1ccc2c(c1)CCC2)c1ccncc1. The van der Waals surface area contributed by atoms with Gasteiger partial charge in [0.25, 0.3) is 0 Å². The number of rotatable bonds is 4. The van der Waals surface area contributed by atoms with E-state index in [4.69, 9.17) is 0 Å². The van der Waals surface area contributed by atoms with Crippen molar-refractivity contribution >= 4 is 0 Å². The first-order chi connectivity index (χ1) is 9.33. The van der Waals surface area contributed by atoms with Gasteiger partial charge in [0.15, 0.2) is 0 Å². The Morgan fingerprint density at radius 1 is 1.11 bits per heavy atom. The fraction of sp³-hybridized carbons (Fsp3) is 0.353. The van der Waals surface area contributed by atoms with Gasteiger partial charge in [-0.3, -0.25) is 4.98 Å². The second-order valence-electron chi connectivity index (χ2n) is 5.34. The molecule has 0 spiro atoms. The highest BCUT2D eigenvalue weighted by molar-refractivity contribution is 5.35. The van der Waals surface area contributed by atoms with Crippen LogP contribution in [0.25, 0.3) is 0 Å². The zero-order valence-electron chi connectivity index (χ0n) is 11.4. The lowest BCUT2D eigenvalue weighted by Gasteiger charge is -2.14. The second-order valence-corrected chi connectivity index (χ2v) is 5.34. The lowest BCUT2D eigenvalue weighted by Crippen LogP contribution is -2.18. The average molecular weight is 252 g/mol. The minimum Gasteiger partial charge on any atom is -0.306 e. The van der Waals surface area contributed by atoms with Gasteiger partial charge in [-0.1, -0.05) is 18.2 Å². The molecule has 1 aliphatic carbocycles. The number of hydrogen-bond acceptors (Lipinski definition) is 2. The van der Waals surface area contributed by atoms with Gasteiger partial charge in [0.05, 0.1) is 0 Å². The molecule has 1 N–H and O–H groups in total. The van der Waals surface area contributed by atoms with Crippen LogP contribution in [0.15, 0.2) is 42.7 Å². The van der Waals surface area contributed by atoms with Crippen LogP contribution in [0.3, 0.4) is 0 Å². The molecule has 0 amide bonds. The van der Waals surface area contributed by atoms with Crippen molar-refractivity contribution in [1.29, 1.82) is 0 Å². The summed E-state index contributed by atoms with van der Waals surface area (Å²) in [5.41, 5.74) is 5.78. The molecule has 0 saturated heterocycles. The van der Waals surface area contributed by atoms with Crippen LogP contribution in [0.4, 0.5) is 0 Å². The summed E-state index contributed by atoms with van der Waals surface area (Å²) in [7, 11) is 0. The van der Waals surface area contributed by atoms with Gasteiger partial charge in [-0.05, 0) is 60.6 Å². The maximum Gasteiger partial charge on any atom is 0.0296 e. The Bertz CT molecular complexity index is 548. The number of benzene rings is 1. The van der Waals surface area contributed by atoms with Crippen LogP contribution in [-0.4, -0.2) is 4.98 Å². The third-order valence-corrected chi connectivity index (χ3v) is 3.98. The number of aromatic nitrogens is 1. The summed E-state index contributed by atoms with van der Waals surface area (Å²) in [5.74, 6) is 0. The normalized spacial score (nSPS) is 15.2. The molecule has 0 bridgehead atoms. The van der Waals surface area contributed by atoms with Crippen molar-refractivity contribution in [2.45, 2.75) is 38.8 Å². The number of pyridine rings is 1. The summed E-state index contributed by atoms with van der Waals surface area (Å²) < 4.78 is 0. The smallest absolute Gasteiger partial charge is 0.0296 e. The topological polar surface area (TPSA) is 24.9 Å². The van der Waals surface area contributed by atoms with E-state index in [9.17, 15) is 0 Å². The third-order valence-electron chi connectivity index (χ3n) is 3.98. The van der Waals surface area contributed by atoms with Crippen molar-refractivity contribution in [2.24, 2.45) is 0 Å². The fourth-order valence-corrected chi connectivity index (χ4v) is 2.78. The summed E-state index contributed by atoms with van der Waals surface area (Å²) in [6, 6.07) is 11.4. The Kier molecular flexibility index (Phi) is 3.60. The van der Waals surface area contributed by atoms with E-state index in [1.807, 2.05) is 12.4 Å². The van der Waals surface area contributed by atoms with Crippen molar-refractivity contribution in [3.63, 3.8) is 0 Å². The highest BCUT2D eigenvalue weighted by Gasteiger charge is 2.11. The average Bonchev–Trinajstić information content (AvgIpc) is 2.93. The van der Waals surface area contributed by atoms with E-state index in [1.165, 1.54) is 30.4 Å². The van der Waals surface area contributed by atoms with E-state index in [0.29, 0.717) is 6.04 Å². The molecule has 2 aromatic rings. The first-order valence-corrected chi connectivity index (χ1v) is 7.07. The Morgan fingerprint density at radius 3 is 2.74 bits per heavy atom. The van der Waals surface area contributed by atoms with Crippen LogP contribution in [0.1, 0.15) is 41.6 Å². The van der Waals surface area contributed by atoms with E-state index in [-0.39, 0.29) is 0 Å². The molecule has 0 fully saturated rings. The molecule has 2 heteroatoms. The molecule has 1 aromatic heterocycles. The molecule has 98 valence electrons. The highest BCUT2D eigenvalue weighted by atomic mass is 14.9. The molecule has 2 nitrogen and oxygen atoms in total. The molecule has 0 saturated carbocycles. The van der Waals surface area contributed by atoms with Crippen LogP contribution < -0.4 is 5.32 Å². The summed E-state index contributed by atoms with van der Waals surface area (Å²) in [6.07, 6.45) is 7.53. The van der Waals surface area contributed by atoms with E-state index in [0.717, 1.165) is 6.54 Å². The molecule has 0 aliphatic heterocycles. The zero-order chi connectivity index (χ0) is 13.1. The van der Waals surface area contributed by atoms with Gasteiger partial charge >= 0.3 is 0 Å².